The molecule has 1 spiro atoms. The molecule has 0 unspecified atom stereocenters. The van der Waals surface area contributed by atoms with Gasteiger partial charge in [0.15, 0.2) is 0 Å². The number of benzene rings is 3. The van der Waals surface area contributed by atoms with Gasteiger partial charge in [-0.25, -0.2) is 22.7 Å². The minimum absolute atomic E-state index is 0.0197. The number of nitrogens with two attached hydrogens (primary N) is 1. The van der Waals surface area contributed by atoms with E-state index in [1.165, 1.54) is 24.3 Å². The maximum atomic E-state index is 14.1. The molecule has 1 heterocycles. The average molecular weight is 519 g/mol. The zero-order chi connectivity index (χ0) is 26.2. The van der Waals surface area contributed by atoms with Crippen molar-refractivity contribution in [3.05, 3.63) is 83.2 Å². The normalized spacial score (nSPS) is 16.0. The number of nitriles is 1. The number of amides is 2. The number of rotatable bonds is 5. The Kier molecular flexibility index (Phi) is 6.48. The first-order chi connectivity index (χ1) is 17.7. The van der Waals surface area contributed by atoms with Gasteiger partial charge in [-0.2, -0.15) is 5.26 Å². The van der Waals surface area contributed by atoms with Crippen molar-refractivity contribution in [1.29, 1.82) is 5.26 Å². The van der Waals surface area contributed by atoms with Gasteiger partial charge in [0.1, 0.15) is 5.82 Å². The third-order valence-electron chi connectivity index (χ3n) is 7.47. The summed E-state index contributed by atoms with van der Waals surface area (Å²) >= 11 is 0. The van der Waals surface area contributed by atoms with E-state index in [-0.39, 0.29) is 35.1 Å². The van der Waals surface area contributed by atoms with Crippen molar-refractivity contribution in [2.75, 3.05) is 11.4 Å². The van der Waals surface area contributed by atoms with Crippen molar-refractivity contribution >= 4 is 21.7 Å². The van der Waals surface area contributed by atoms with Crippen molar-refractivity contribution in [3.8, 4) is 17.2 Å². The van der Waals surface area contributed by atoms with Gasteiger partial charge in [-0.15, -0.1) is 0 Å². The molecule has 9 heteroatoms. The first-order valence-electron chi connectivity index (χ1n) is 12.2. The number of fused-ring (bicyclic) bond motifs is 2. The largest absolute Gasteiger partial charge is 0.334 e. The van der Waals surface area contributed by atoms with E-state index in [0.29, 0.717) is 12.1 Å². The second-order valence-corrected chi connectivity index (χ2v) is 11.4. The van der Waals surface area contributed by atoms with Crippen LogP contribution in [0.15, 0.2) is 65.6 Å². The number of hydrogen-bond acceptors (Lipinski definition) is 4. The summed E-state index contributed by atoms with van der Waals surface area (Å²) in [6, 6.07) is 18.4. The summed E-state index contributed by atoms with van der Waals surface area (Å²) in [7, 11) is -3.77. The fraction of sp³-hybridized carbons (Fsp3) is 0.286. The van der Waals surface area contributed by atoms with Gasteiger partial charge in [-0.1, -0.05) is 37.1 Å². The highest BCUT2D eigenvalue weighted by molar-refractivity contribution is 7.89. The van der Waals surface area contributed by atoms with Crippen molar-refractivity contribution in [3.63, 3.8) is 0 Å². The summed E-state index contributed by atoms with van der Waals surface area (Å²) in [5.41, 5.74) is 4.83. The van der Waals surface area contributed by atoms with E-state index in [2.05, 4.69) is 17.5 Å². The number of sulfonamides is 1. The number of nitrogens with one attached hydrogen (secondary N) is 1. The second kappa shape index (κ2) is 9.61. The van der Waals surface area contributed by atoms with Gasteiger partial charge in [0.25, 0.3) is 0 Å². The van der Waals surface area contributed by atoms with Crippen LogP contribution in [0.25, 0.3) is 11.1 Å². The van der Waals surface area contributed by atoms with Crippen LogP contribution in [0.2, 0.25) is 0 Å². The molecule has 37 heavy (non-hydrogen) atoms. The summed E-state index contributed by atoms with van der Waals surface area (Å²) in [6.07, 6.45) is 4.28. The van der Waals surface area contributed by atoms with Crippen LogP contribution in [-0.4, -0.2) is 21.0 Å². The van der Waals surface area contributed by atoms with Gasteiger partial charge < -0.3 is 5.32 Å². The maximum absolute atomic E-state index is 14.1. The SMILES string of the molecule is N#CCc1ccc(F)cc1-c1ccc2c(c1)C1(CCCC1)CN2C(=O)NCc1ccc(S(N)(=O)=O)cc1. The quantitative estimate of drug-likeness (QED) is 0.507. The number of halogens is 1. The topological polar surface area (TPSA) is 116 Å². The monoisotopic (exact) mass is 518 g/mol. The molecule has 3 aromatic rings. The zero-order valence-corrected chi connectivity index (χ0v) is 21.0. The maximum Gasteiger partial charge on any atom is 0.322 e. The predicted octanol–water partition coefficient (Wildman–Crippen LogP) is 4.75. The first-order valence-corrected chi connectivity index (χ1v) is 13.7. The number of hydrogen-bond donors (Lipinski definition) is 2. The lowest BCUT2D eigenvalue weighted by Crippen LogP contribution is -2.41. The summed E-state index contributed by atoms with van der Waals surface area (Å²) < 4.78 is 37.1. The minimum Gasteiger partial charge on any atom is -0.334 e. The van der Waals surface area contributed by atoms with E-state index < -0.39 is 10.0 Å². The molecule has 0 atom stereocenters. The highest BCUT2D eigenvalue weighted by atomic mass is 32.2. The molecule has 5 rings (SSSR count). The number of nitrogens with zero attached hydrogens (tertiary/aromatic N) is 2. The van der Waals surface area contributed by atoms with Crippen LogP contribution in [0.1, 0.15) is 42.4 Å². The van der Waals surface area contributed by atoms with E-state index >= 15 is 0 Å². The van der Waals surface area contributed by atoms with Crippen LogP contribution in [-0.2, 0) is 28.4 Å². The molecule has 1 aliphatic heterocycles. The number of carbonyl (C=O) groups excluding carboxylic acids is 1. The van der Waals surface area contributed by atoms with Gasteiger partial charge in [0.2, 0.25) is 10.0 Å². The Balaban J connectivity index is 1.42. The van der Waals surface area contributed by atoms with E-state index in [1.54, 1.807) is 23.1 Å². The van der Waals surface area contributed by atoms with Crippen LogP contribution >= 0.6 is 0 Å². The molecular weight excluding hydrogens is 491 g/mol. The molecule has 3 aromatic carbocycles. The zero-order valence-electron chi connectivity index (χ0n) is 20.2. The minimum atomic E-state index is -3.77. The Morgan fingerprint density at radius 3 is 2.49 bits per heavy atom. The third kappa shape index (κ3) is 4.82. The van der Waals surface area contributed by atoms with Crippen LogP contribution in [0.4, 0.5) is 14.9 Å². The summed E-state index contributed by atoms with van der Waals surface area (Å²) in [6.45, 7) is 0.803. The molecule has 190 valence electrons. The van der Waals surface area contributed by atoms with Crippen LogP contribution in [0.5, 0.6) is 0 Å². The fourth-order valence-corrected chi connectivity index (χ4v) is 6.14. The van der Waals surface area contributed by atoms with Crippen molar-refractivity contribution in [2.45, 2.75) is 49.0 Å². The highest BCUT2D eigenvalue weighted by Gasteiger charge is 2.46. The third-order valence-corrected chi connectivity index (χ3v) is 8.40. The molecule has 2 amide bonds. The molecule has 0 bridgehead atoms. The Labute approximate surface area is 215 Å². The number of anilines is 1. The van der Waals surface area contributed by atoms with E-state index in [4.69, 9.17) is 5.14 Å². The van der Waals surface area contributed by atoms with Crippen molar-refractivity contribution in [1.82, 2.24) is 5.32 Å². The summed E-state index contributed by atoms with van der Waals surface area (Å²) in [4.78, 5) is 15.1. The van der Waals surface area contributed by atoms with Gasteiger partial charge in [0, 0.05) is 24.2 Å². The van der Waals surface area contributed by atoms with Gasteiger partial charge >= 0.3 is 6.03 Å². The highest BCUT2D eigenvalue weighted by Crippen LogP contribution is 2.51. The summed E-state index contributed by atoms with van der Waals surface area (Å²) in [5, 5.41) is 17.3. The summed E-state index contributed by atoms with van der Waals surface area (Å²) in [5.74, 6) is -0.356. The molecular formula is C28H27FN4O3S. The number of urea groups is 1. The molecule has 0 aromatic heterocycles. The number of carbonyl (C=O) groups is 1. The van der Waals surface area contributed by atoms with Gasteiger partial charge in [0.05, 0.1) is 17.4 Å². The average Bonchev–Trinajstić information content (AvgIpc) is 3.48. The lowest BCUT2D eigenvalue weighted by Gasteiger charge is -2.25. The molecule has 0 radical (unpaired) electrons. The Morgan fingerprint density at radius 1 is 1.08 bits per heavy atom. The molecule has 0 saturated heterocycles. The Morgan fingerprint density at radius 2 is 1.81 bits per heavy atom. The van der Waals surface area contributed by atoms with Crippen molar-refractivity contribution in [2.24, 2.45) is 5.14 Å². The van der Waals surface area contributed by atoms with Crippen LogP contribution < -0.4 is 15.4 Å². The smallest absolute Gasteiger partial charge is 0.322 e. The second-order valence-electron chi connectivity index (χ2n) is 9.79. The lowest BCUT2D eigenvalue weighted by atomic mass is 9.79. The molecule has 1 fully saturated rings. The van der Waals surface area contributed by atoms with E-state index in [0.717, 1.165) is 53.6 Å². The van der Waals surface area contributed by atoms with Crippen molar-refractivity contribution < 1.29 is 17.6 Å². The van der Waals surface area contributed by atoms with Crippen LogP contribution in [0.3, 0.4) is 0 Å². The molecule has 1 saturated carbocycles. The van der Waals surface area contributed by atoms with Crippen LogP contribution in [0, 0.1) is 17.1 Å². The van der Waals surface area contributed by atoms with Gasteiger partial charge in [-0.3, -0.25) is 4.90 Å². The molecule has 7 nitrogen and oxygen atoms in total. The molecule has 2 aliphatic rings. The number of primary sulfonamides is 1. The standard InChI is InChI=1S/C28H27FN4O3S/c29-22-7-5-20(11-14-30)24(16-22)21-6-10-26-25(15-21)28(12-1-2-13-28)18-33(26)27(34)32-17-19-3-8-23(9-4-19)37(31,35)36/h3-10,15-16H,1-2,11-13,17-18H2,(H,32,34)(H2,31,35,36). The molecule has 3 N–H and O–H groups in total. The fourth-order valence-electron chi connectivity index (χ4n) is 5.62. The first kappa shape index (κ1) is 24.9. The van der Waals surface area contributed by atoms with E-state index in [9.17, 15) is 22.9 Å². The Hall–Kier alpha value is -3.74. The van der Waals surface area contributed by atoms with E-state index in [1.807, 2.05) is 12.1 Å². The van der Waals surface area contributed by atoms with Gasteiger partial charge in [-0.05, 0) is 77.1 Å². The predicted molar refractivity (Wildman–Crippen MR) is 139 cm³/mol. The molecule has 1 aliphatic carbocycles. The lowest BCUT2D eigenvalue weighted by molar-refractivity contribution is 0.245. The Bertz CT molecular complexity index is 1510.